The normalized spacial score (nSPS) is 12.3. The molecule has 0 fully saturated rings. The van der Waals surface area contributed by atoms with Crippen LogP contribution < -0.4 is 5.32 Å². The zero-order chi connectivity index (χ0) is 19.0. The average Bonchev–Trinajstić information content (AvgIpc) is 3.24. The summed E-state index contributed by atoms with van der Waals surface area (Å²) in [6.45, 7) is 0. The lowest BCUT2D eigenvalue weighted by Gasteiger charge is -2.13. The van der Waals surface area contributed by atoms with Crippen LogP contribution in [0.25, 0.3) is 21.8 Å². The van der Waals surface area contributed by atoms with Crippen LogP contribution in [0.15, 0.2) is 54.7 Å². The molecule has 2 aromatic carbocycles. The summed E-state index contributed by atoms with van der Waals surface area (Å²) >= 11 is 0. The third-order valence-electron chi connectivity index (χ3n) is 4.53. The minimum atomic E-state index is -1.14. The van der Waals surface area contributed by atoms with E-state index in [1.165, 1.54) is 12.1 Å². The van der Waals surface area contributed by atoms with Gasteiger partial charge in [-0.2, -0.15) is 0 Å². The van der Waals surface area contributed by atoms with Crippen LogP contribution in [0, 0.1) is 5.82 Å². The van der Waals surface area contributed by atoms with E-state index in [2.05, 4.69) is 15.3 Å². The Balaban J connectivity index is 1.57. The lowest BCUT2D eigenvalue weighted by atomic mass is 10.0. The average molecular weight is 365 g/mol. The molecule has 0 bridgehead atoms. The molecule has 2 heterocycles. The summed E-state index contributed by atoms with van der Waals surface area (Å²) in [5.41, 5.74) is 2.36. The molecular weight excluding hydrogens is 349 g/mol. The lowest BCUT2D eigenvalue weighted by Crippen LogP contribution is -2.42. The van der Waals surface area contributed by atoms with Crippen LogP contribution in [-0.2, 0) is 11.2 Å². The standard InChI is InChI=1S/C20H16FN3O3/c21-13-5-6-14-12(10-22-16(14)9-13)8-18(20(26)27)24-19(25)17-7-11-3-1-2-4-15(11)23-17/h1-7,9-10,18,22-23H,8H2,(H,24,25)(H,26,27). The number of hydrogen-bond donors (Lipinski definition) is 4. The number of nitrogens with one attached hydrogen (secondary N) is 3. The van der Waals surface area contributed by atoms with Gasteiger partial charge in [0.05, 0.1) is 0 Å². The number of carbonyl (C=O) groups is 2. The van der Waals surface area contributed by atoms with E-state index in [0.717, 1.165) is 16.3 Å². The van der Waals surface area contributed by atoms with E-state index in [-0.39, 0.29) is 12.2 Å². The van der Waals surface area contributed by atoms with E-state index in [1.807, 2.05) is 24.3 Å². The van der Waals surface area contributed by atoms with Crippen molar-refractivity contribution in [1.82, 2.24) is 15.3 Å². The van der Waals surface area contributed by atoms with Gasteiger partial charge in [-0.25, -0.2) is 9.18 Å². The summed E-state index contributed by atoms with van der Waals surface area (Å²) in [7, 11) is 0. The largest absolute Gasteiger partial charge is 0.480 e. The fourth-order valence-corrected chi connectivity index (χ4v) is 3.18. The molecule has 0 radical (unpaired) electrons. The van der Waals surface area contributed by atoms with Gasteiger partial charge in [0.2, 0.25) is 0 Å². The first-order valence-corrected chi connectivity index (χ1v) is 8.38. The number of amides is 1. The van der Waals surface area contributed by atoms with E-state index in [0.29, 0.717) is 16.8 Å². The zero-order valence-corrected chi connectivity index (χ0v) is 14.1. The molecular formula is C20H16FN3O3. The maximum Gasteiger partial charge on any atom is 0.326 e. The predicted octanol–water partition coefficient (Wildman–Crippen LogP) is 3.21. The molecule has 6 nitrogen and oxygen atoms in total. The minimum Gasteiger partial charge on any atom is -0.480 e. The van der Waals surface area contributed by atoms with Gasteiger partial charge in [0.25, 0.3) is 5.91 Å². The number of carboxylic acid groups (broad SMARTS) is 1. The van der Waals surface area contributed by atoms with Crippen molar-refractivity contribution in [3.63, 3.8) is 0 Å². The quantitative estimate of drug-likeness (QED) is 0.437. The Bertz CT molecular complexity index is 1130. The number of halogens is 1. The molecule has 2 aromatic heterocycles. The highest BCUT2D eigenvalue weighted by Crippen LogP contribution is 2.21. The molecule has 27 heavy (non-hydrogen) atoms. The summed E-state index contributed by atoms with van der Waals surface area (Å²) in [5.74, 6) is -2.02. The molecule has 0 aliphatic rings. The van der Waals surface area contributed by atoms with Crippen LogP contribution in [0.5, 0.6) is 0 Å². The second-order valence-corrected chi connectivity index (χ2v) is 6.34. The molecule has 4 rings (SSSR count). The SMILES string of the molecule is O=C(NC(Cc1c[nH]c2cc(F)ccc12)C(=O)O)c1cc2ccccc2[nH]1. The number of carboxylic acids is 1. The van der Waals surface area contributed by atoms with Crippen molar-refractivity contribution in [2.45, 2.75) is 12.5 Å². The Hall–Kier alpha value is -3.61. The summed E-state index contributed by atoms with van der Waals surface area (Å²) < 4.78 is 13.3. The van der Waals surface area contributed by atoms with Gasteiger partial charge in [-0.15, -0.1) is 0 Å². The van der Waals surface area contributed by atoms with Gasteiger partial charge in [0.1, 0.15) is 17.6 Å². The van der Waals surface area contributed by atoms with Gasteiger partial charge in [-0.05, 0) is 35.9 Å². The number of H-pyrrole nitrogens is 2. The van der Waals surface area contributed by atoms with Crippen molar-refractivity contribution in [1.29, 1.82) is 0 Å². The number of fused-ring (bicyclic) bond motifs is 2. The maximum absolute atomic E-state index is 13.3. The molecule has 1 unspecified atom stereocenters. The Morgan fingerprint density at radius 3 is 2.70 bits per heavy atom. The van der Waals surface area contributed by atoms with Crippen LogP contribution in [0.4, 0.5) is 4.39 Å². The smallest absolute Gasteiger partial charge is 0.326 e. The number of hydrogen-bond acceptors (Lipinski definition) is 2. The first-order valence-electron chi connectivity index (χ1n) is 8.38. The molecule has 1 amide bonds. The topological polar surface area (TPSA) is 98.0 Å². The van der Waals surface area contributed by atoms with E-state index in [4.69, 9.17) is 0 Å². The van der Waals surface area contributed by atoms with Crippen LogP contribution >= 0.6 is 0 Å². The highest BCUT2D eigenvalue weighted by Gasteiger charge is 2.23. The molecule has 0 aliphatic carbocycles. The Morgan fingerprint density at radius 1 is 1.11 bits per heavy atom. The van der Waals surface area contributed by atoms with Crippen molar-refractivity contribution in [3.8, 4) is 0 Å². The van der Waals surface area contributed by atoms with E-state index in [9.17, 15) is 19.1 Å². The van der Waals surface area contributed by atoms with Crippen LogP contribution in [0.3, 0.4) is 0 Å². The molecule has 0 saturated heterocycles. The van der Waals surface area contributed by atoms with Crippen LogP contribution in [0.1, 0.15) is 16.1 Å². The van der Waals surface area contributed by atoms with Crippen molar-refractivity contribution < 1.29 is 19.1 Å². The number of benzene rings is 2. The first kappa shape index (κ1) is 16.8. The molecule has 4 aromatic rings. The summed E-state index contributed by atoms with van der Waals surface area (Å²) in [6.07, 6.45) is 1.71. The third-order valence-corrected chi connectivity index (χ3v) is 4.53. The van der Waals surface area contributed by atoms with Gasteiger partial charge in [-0.1, -0.05) is 18.2 Å². The fraction of sp³-hybridized carbons (Fsp3) is 0.100. The highest BCUT2D eigenvalue weighted by atomic mass is 19.1. The van der Waals surface area contributed by atoms with Crippen molar-refractivity contribution in [2.75, 3.05) is 0 Å². The number of aliphatic carboxylic acids is 1. The number of para-hydroxylation sites is 1. The molecule has 0 aliphatic heterocycles. The Kier molecular flexibility index (Phi) is 4.12. The van der Waals surface area contributed by atoms with Crippen molar-refractivity contribution in [3.05, 3.63) is 71.8 Å². The molecule has 136 valence electrons. The Morgan fingerprint density at radius 2 is 1.93 bits per heavy atom. The van der Waals surface area contributed by atoms with E-state index < -0.39 is 17.9 Å². The third kappa shape index (κ3) is 3.27. The highest BCUT2D eigenvalue weighted by molar-refractivity contribution is 5.99. The minimum absolute atomic E-state index is 0.0763. The summed E-state index contributed by atoms with van der Waals surface area (Å²) in [4.78, 5) is 30.1. The van der Waals surface area contributed by atoms with Crippen LogP contribution in [0.2, 0.25) is 0 Å². The second kappa shape index (κ2) is 6.60. The number of rotatable bonds is 5. The monoisotopic (exact) mass is 365 g/mol. The molecule has 1 atom stereocenters. The molecule has 0 saturated carbocycles. The number of aromatic nitrogens is 2. The number of aromatic amines is 2. The summed E-state index contributed by atoms with van der Waals surface area (Å²) in [6, 6.07) is 12.2. The lowest BCUT2D eigenvalue weighted by molar-refractivity contribution is -0.139. The Labute approximate surface area is 153 Å². The molecule has 7 heteroatoms. The van der Waals surface area contributed by atoms with Gasteiger partial charge in [0, 0.05) is 34.4 Å². The van der Waals surface area contributed by atoms with Crippen LogP contribution in [-0.4, -0.2) is 33.0 Å². The molecule has 4 N–H and O–H groups in total. The second-order valence-electron chi connectivity index (χ2n) is 6.34. The van der Waals surface area contributed by atoms with Crippen molar-refractivity contribution in [2.24, 2.45) is 0 Å². The zero-order valence-electron chi connectivity index (χ0n) is 14.1. The van der Waals surface area contributed by atoms with E-state index in [1.54, 1.807) is 18.3 Å². The van der Waals surface area contributed by atoms with Crippen molar-refractivity contribution >= 4 is 33.7 Å². The predicted molar refractivity (Wildman–Crippen MR) is 99.1 cm³/mol. The fourth-order valence-electron chi connectivity index (χ4n) is 3.18. The van der Waals surface area contributed by atoms with Gasteiger partial charge < -0.3 is 20.4 Å². The molecule has 0 spiro atoms. The number of carbonyl (C=O) groups excluding carboxylic acids is 1. The van der Waals surface area contributed by atoms with E-state index >= 15 is 0 Å². The maximum atomic E-state index is 13.3. The summed E-state index contributed by atoms with van der Waals surface area (Å²) in [5, 5.41) is 13.7. The van der Waals surface area contributed by atoms with Gasteiger partial charge >= 0.3 is 5.97 Å². The first-order chi connectivity index (χ1) is 13.0. The van der Waals surface area contributed by atoms with Gasteiger partial charge in [0.15, 0.2) is 0 Å². The van der Waals surface area contributed by atoms with Gasteiger partial charge in [-0.3, -0.25) is 4.79 Å².